The summed E-state index contributed by atoms with van der Waals surface area (Å²) in [6, 6.07) is 0.327. The lowest BCUT2D eigenvalue weighted by Gasteiger charge is -2.11. The van der Waals surface area contributed by atoms with E-state index in [2.05, 4.69) is 72.1 Å². The van der Waals surface area contributed by atoms with E-state index in [0.717, 1.165) is 65.2 Å². The van der Waals surface area contributed by atoms with Gasteiger partial charge in [-0.1, -0.05) is 40.5 Å². The molecule has 0 saturated carbocycles. The quantitative estimate of drug-likeness (QED) is 0.0774. The normalized spacial score (nSPS) is 13.9. The number of carboxylic acid groups (broad SMARTS) is 2. The summed E-state index contributed by atoms with van der Waals surface area (Å²) in [6.45, 7) is 16.4. The van der Waals surface area contributed by atoms with Gasteiger partial charge in [0.15, 0.2) is 23.8 Å². The van der Waals surface area contributed by atoms with Gasteiger partial charge < -0.3 is 33.1 Å². The van der Waals surface area contributed by atoms with Crippen molar-refractivity contribution >= 4 is 35.8 Å². The molecule has 0 spiro atoms. The van der Waals surface area contributed by atoms with Crippen LogP contribution in [0, 0.1) is 11.8 Å². The standard InChI is InChI=1S/C24H52N10.2C2H4O2/c1-17(2)11-13-19(5)31-23(27)33-21(25)29-15-9-7-8-10-16-30-22(26)34-24(28)32-20(6)14-12-18(3)4;2*1-2(3)4/h17-20H,7-16H2,1-6H3,(H5,25,27,29,31,33)(H5,26,28,30,32,34);2*1H3,(H,3,4). The van der Waals surface area contributed by atoms with Crippen molar-refractivity contribution in [2.24, 2.45) is 54.7 Å². The molecule has 2 unspecified atom stereocenters. The maximum absolute atomic E-state index is 9.00. The van der Waals surface area contributed by atoms with E-state index in [9.17, 15) is 0 Å². The van der Waals surface area contributed by atoms with E-state index in [1.54, 1.807) is 0 Å². The van der Waals surface area contributed by atoms with Gasteiger partial charge in [-0.05, 0) is 64.2 Å². The van der Waals surface area contributed by atoms with Crippen molar-refractivity contribution in [2.75, 3.05) is 13.1 Å². The first-order valence-electron chi connectivity index (χ1n) is 14.7. The number of nitrogens with zero attached hydrogens (tertiary/aromatic N) is 4. The molecule has 14 nitrogen and oxygen atoms in total. The van der Waals surface area contributed by atoms with Gasteiger partial charge in [-0.25, -0.2) is 0 Å². The first kappa shape index (κ1) is 42.9. The van der Waals surface area contributed by atoms with Crippen LogP contribution in [0.25, 0.3) is 0 Å². The molecule has 0 aromatic rings. The second-order valence-corrected chi connectivity index (χ2v) is 10.9. The van der Waals surface area contributed by atoms with Crippen molar-refractivity contribution in [3.05, 3.63) is 0 Å². The number of carboxylic acids is 2. The Morgan fingerprint density at radius 2 is 0.857 bits per heavy atom. The highest BCUT2D eigenvalue weighted by molar-refractivity contribution is 5.97. The lowest BCUT2D eigenvalue weighted by molar-refractivity contribution is -0.135. The molecule has 0 fully saturated rings. The average Bonchev–Trinajstić information content (AvgIpc) is 2.82. The Kier molecular flexibility index (Phi) is 28.2. The number of guanidine groups is 4. The summed E-state index contributed by atoms with van der Waals surface area (Å²) in [7, 11) is 0. The summed E-state index contributed by atoms with van der Waals surface area (Å²) in [5.41, 5.74) is 23.6. The topological polar surface area (TPSA) is 252 Å². The highest BCUT2D eigenvalue weighted by Crippen LogP contribution is 2.09. The van der Waals surface area contributed by atoms with Gasteiger partial charge in [0.1, 0.15) is 0 Å². The molecule has 2 atom stereocenters. The first-order valence-corrected chi connectivity index (χ1v) is 14.7. The number of nitrogens with one attached hydrogen (secondary N) is 2. The summed E-state index contributed by atoms with van der Waals surface area (Å²) in [5.74, 6) is 0.892. The molecule has 0 radical (unpaired) electrons. The van der Waals surface area contributed by atoms with E-state index in [0.29, 0.717) is 48.8 Å². The van der Waals surface area contributed by atoms with Crippen LogP contribution in [-0.4, -0.2) is 71.2 Å². The molecule has 246 valence electrons. The van der Waals surface area contributed by atoms with Crippen LogP contribution in [0.15, 0.2) is 20.0 Å². The van der Waals surface area contributed by atoms with E-state index >= 15 is 0 Å². The third-order valence-corrected chi connectivity index (χ3v) is 5.19. The Balaban J connectivity index is -0.00000167. The fourth-order valence-corrected chi connectivity index (χ4v) is 3.14. The minimum atomic E-state index is -0.833. The molecule has 0 aromatic heterocycles. The number of carbonyl (C=O) groups is 2. The van der Waals surface area contributed by atoms with Gasteiger partial charge in [-0.2, -0.15) is 0 Å². The Morgan fingerprint density at radius 3 is 1.12 bits per heavy atom. The number of aliphatic imine (C=N–C) groups is 4. The van der Waals surface area contributed by atoms with Crippen LogP contribution >= 0.6 is 0 Å². The zero-order valence-electron chi connectivity index (χ0n) is 27.2. The smallest absolute Gasteiger partial charge is 0.300 e. The molecule has 0 amide bonds. The van der Waals surface area contributed by atoms with Crippen molar-refractivity contribution in [3.63, 3.8) is 0 Å². The van der Waals surface area contributed by atoms with Crippen molar-refractivity contribution in [3.8, 4) is 0 Å². The molecule has 0 aliphatic rings. The van der Waals surface area contributed by atoms with Gasteiger partial charge in [0, 0.05) is 26.9 Å². The van der Waals surface area contributed by atoms with Gasteiger partial charge in [0.25, 0.3) is 11.9 Å². The molecular weight excluding hydrogens is 540 g/mol. The fraction of sp³-hybridized carbons (Fsp3) is 0.786. The maximum Gasteiger partial charge on any atom is 0.300 e. The van der Waals surface area contributed by atoms with E-state index < -0.39 is 11.9 Å². The number of aliphatic carboxylic acids is 2. The van der Waals surface area contributed by atoms with E-state index in [-0.39, 0.29) is 12.1 Å². The minimum absolute atomic E-state index is 0.164. The number of hydrogen-bond acceptors (Lipinski definition) is 6. The predicted octanol–water partition coefficient (Wildman–Crippen LogP) is 2.82. The lowest BCUT2D eigenvalue weighted by Crippen LogP contribution is -2.42. The number of unbranched alkanes of at least 4 members (excludes halogenated alkanes) is 3. The van der Waals surface area contributed by atoms with Gasteiger partial charge >= 0.3 is 0 Å². The highest BCUT2D eigenvalue weighted by atomic mass is 16.4. The summed E-state index contributed by atoms with van der Waals surface area (Å²) >= 11 is 0. The summed E-state index contributed by atoms with van der Waals surface area (Å²) in [5, 5.41) is 20.5. The van der Waals surface area contributed by atoms with Crippen molar-refractivity contribution in [1.29, 1.82) is 0 Å². The fourth-order valence-electron chi connectivity index (χ4n) is 3.14. The molecule has 14 heteroatoms. The van der Waals surface area contributed by atoms with E-state index in [4.69, 9.17) is 42.7 Å². The Bertz CT molecular complexity index is 767. The van der Waals surface area contributed by atoms with Crippen LogP contribution < -0.4 is 33.6 Å². The molecule has 0 heterocycles. The second-order valence-electron chi connectivity index (χ2n) is 10.9. The first-order chi connectivity index (χ1) is 19.5. The Labute approximate surface area is 253 Å². The number of nitrogens with two attached hydrogens (primary N) is 4. The summed E-state index contributed by atoms with van der Waals surface area (Å²) in [4.78, 5) is 35.4. The molecule has 0 aromatic carbocycles. The van der Waals surface area contributed by atoms with E-state index in [1.807, 2.05) is 0 Å². The Morgan fingerprint density at radius 1 is 0.571 bits per heavy atom. The summed E-state index contributed by atoms with van der Waals surface area (Å²) in [6.07, 6.45) is 8.19. The molecular formula is C28H60N10O4. The highest BCUT2D eigenvalue weighted by Gasteiger charge is 2.05. The SMILES string of the molecule is CC(=O)O.CC(=O)O.CC(C)CCC(C)N=C(N)NC(N)=NCCCCCCN=C(N)NC(N)=NC(C)CCC(C)C. The third-order valence-electron chi connectivity index (χ3n) is 5.19. The van der Waals surface area contributed by atoms with Crippen molar-refractivity contribution in [2.45, 2.75) is 119 Å². The van der Waals surface area contributed by atoms with Crippen molar-refractivity contribution in [1.82, 2.24) is 10.6 Å². The van der Waals surface area contributed by atoms with Gasteiger partial charge in [0.2, 0.25) is 0 Å². The van der Waals surface area contributed by atoms with Gasteiger partial charge in [-0.15, -0.1) is 0 Å². The number of hydrogen-bond donors (Lipinski definition) is 8. The van der Waals surface area contributed by atoms with Crippen LogP contribution in [0.1, 0.15) is 107 Å². The largest absolute Gasteiger partial charge is 0.481 e. The van der Waals surface area contributed by atoms with E-state index in [1.165, 1.54) is 0 Å². The minimum Gasteiger partial charge on any atom is -0.481 e. The summed E-state index contributed by atoms with van der Waals surface area (Å²) < 4.78 is 0. The predicted molar refractivity (Wildman–Crippen MR) is 175 cm³/mol. The lowest BCUT2D eigenvalue weighted by atomic mass is 10.1. The molecule has 0 saturated heterocycles. The third kappa shape index (κ3) is 40.9. The van der Waals surface area contributed by atoms with Gasteiger partial charge in [-0.3, -0.25) is 40.2 Å². The van der Waals surface area contributed by atoms with Crippen LogP contribution in [0.2, 0.25) is 0 Å². The Hall–Kier alpha value is -3.58. The average molecular weight is 601 g/mol. The molecule has 0 bridgehead atoms. The van der Waals surface area contributed by atoms with Crippen LogP contribution in [0.3, 0.4) is 0 Å². The monoisotopic (exact) mass is 600 g/mol. The second kappa shape index (κ2) is 27.6. The zero-order chi connectivity index (χ0) is 33.1. The number of rotatable bonds is 15. The molecule has 0 aliphatic heterocycles. The molecule has 0 rings (SSSR count). The molecule has 12 N–H and O–H groups in total. The van der Waals surface area contributed by atoms with Crippen molar-refractivity contribution < 1.29 is 19.8 Å². The molecule has 0 aliphatic carbocycles. The van der Waals surface area contributed by atoms with Crippen LogP contribution in [0.5, 0.6) is 0 Å². The van der Waals surface area contributed by atoms with Crippen LogP contribution in [0.4, 0.5) is 0 Å². The van der Waals surface area contributed by atoms with Crippen LogP contribution in [-0.2, 0) is 9.59 Å². The molecule has 42 heavy (non-hydrogen) atoms. The maximum atomic E-state index is 9.00. The zero-order valence-corrected chi connectivity index (χ0v) is 27.2. The van der Waals surface area contributed by atoms with Gasteiger partial charge in [0.05, 0.1) is 12.1 Å².